The highest BCUT2D eigenvalue weighted by Crippen LogP contribution is 2.35. The van der Waals surface area contributed by atoms with Gasteiger partial charge in [-0.3, -0.25) is 9.59 Å². The lowest BCUT2D eigenvalue weighted by Gasteiger charge is -2.24. The smallest absolute Gasteiger partial charge is 0.258 e. The number of benzene rings is 3. The van der Waals surface area contributed by atoms with Crippen molar-refractivity contribution in [1.82, 2.24) is 10.2 Å². The standard InChI is InChI=1S/C29H27Cl2F2N3O2/c30-24-7-2-8-26(33)27(24)29(38)36-16-19-14-35(15-20(19)17-36)22-6-1-4-18(12-22)5-3-11-34-28(37)23-10-9-21(32)13-25(23)31/h1-2,4,6-10,12-13,19-20H,3,5,11,14-17H2,(H,34,37). The third kappa shape index (κ3) is 5.64. The molecule has 2 heterocycles. The third-order valence-electron chi connectivity index (χ3n) is 7.33. The van der Waals surface area contributed by atoms with Crippen LogP contribution in [0.2, 0.25) is 10.0 Å². The number of rotatable bonds is 7. The van der Waals surface area contributed by atoms with Crippen molar-refractivity contribution in [2.24, 2.45) is 11.8 Å². The van der Waals surface area contributed by atoms with Crippen LogP contribution in [-0.2, 0) is 6.42 Å². The Balaban J connectivity index is 1.12. The molecule has 3 aromatic carbocycles. The van der Waals surface area contributed by atoms with Crippen molar-refractivity contribution >= 4 is 40.7 Å². The van der Waals surface area contributed by atoms with Crippen LogP contribution in [-0.4, -0.2) is 49.4 Å². The first-order valence-corrected chi connectivity index (χ1v) is 13.4. The summed E-state index contributed by atoms with van der Waals surface area (Å²) >= 11 is 12.1. The van der Waals surface area contributed by atoms with Gasteiger partial charge in [0.2, 0.25) is 0 Å². The molecule has 2 amide bonds. The predicted octanol–water partition coefficient (Wildman–Crippen LogP) is 5.84. The Bertz CT molecular complexity index is 1340. The molecule has 2 saturated heterocycles. The lowest BCUT2D eigenvalue weighted by molar-refractivity contribution is 0.0777. The average Bonchev–Trinajstić information content (AvgIpc) is 3.46. The summed E-state index contributed by atoms with van der Waals surface area (Å²) in [6.45, 7) is 3.31. The topological polar surface area (TPSA) is 52.7 Å². The van der Waals surface area contributed by atoms with Crippen LogP contribution in [0, 0.1) is 23.5 Å². The predicted molar refractivity (Wildman–Crippen MR) is 145 cm³/mol. The maximum Gasteiger partial charge on any atom is 0.258 e. The average molecular weight is 558 g/mol. The number of carbonyl (C=O) groups excluding carboxylic acids is 2. The molecular weight excluding hydrogens is 531 g/mol. The summed E-state index contributed by atoms with van der Waals surface area (Å²) in [6.07, 6.45) is 1.53. The highest BCUT2D eigenvalue weighted by molar-refractivity contribution is 6.34. The number of fused-ring (bicyclic) bond motifs is 1. The van der Waals surface area contributed by atoms with Crippen molar-refractivity contribution in [3.8, 4) is 0 Å². The Labute approximate surface area is 230 Å². The minimum absolute atomic E-state index is 0.0457. The number of aryl methyl sites for hydroxylation is 1. The van der Waals surface area contributed by atoms with Crippen LogP contribution in [0.3, 0.4) is 0 Å². The fraction of sp³-hybridized carbons (Fsp3) is 0.310. The van der Waals surface area contributed by atoms with E-state index in [0.717, 1.165) is 37.7 Å². The van der Waals surface area contributed by atoms with Crippen molar-refractivity contribution in [3.05, 3.63) is 99.0 Å². The molecular formula is C29H27Cl2F2N3O2. The van der Waals surface area contributed by atoms with Crippen LogP contribution in [0.15, 0.2) is 60.7 Å². The van der Waals surface area contributed by atoms with E-state index in [1.54, 1.807) is 11.0 Å². The van der Waals surface area contributed by atoms with Gasteiger partial charge >= 0.3 is 0 Å². The Morgan fingerprint density at radius 3 is 2.34 bits per heavy atom. The molecule has 2 unspecified atom stereocenters. The molecule has 0 aliphatic carbocycles. The fourth-order valence-corrected chi connectivity index (χ4v) is 5.90. The van der Waals surface area contributed by atoms with Crippen LogP contribution < -0.4 is 10.2 Å². The third-order valence-corrected chi connectivity index (χ3v) is 7.96. The molecule has 2 fully saturated rings. The van der Waals surface area contributed by atoms with Crippen molar-refractivity contribution in [2.45, 2.75) is 12.8 Å². The molecule has 2 aliphatic rings. The van der Waals surface area contributed by atoms with Gasteiger partial charge in [0, 0.05) is 50.2 Å². The monoisotopic (exact) mass is 557 g/mol. The molecule has 0 bridgehead atoms. The maximum absolute atomic E-state index is 14.2. The summed E-state index contributed by atoms with van der Waals surface area (Å²) in [4.78, 5) is 29.3. The first kappa shape index (κ1) is 26.4. The zero-order valence-electron chi connectivity index (χ0n) is 20.6. The number of carbonyl (C=O) groups is 2. The summed E-state index contributed by atoms with van der Waals surface area (Å²) < 4.78 is 27.4. The number of halogens is 4. The van der Waals surface area contributed by atoms with Crippen LogP contribution in [0.4, 0.5) is 14.5 Å². The molecule has 0 spiro atoms. The number of likely N-dealkylation sites (tertiary alicyclic amines) is 1. The van der Waals surface area contributed by atoms with Crippen molar-refractivity contribution in [3.63, 3.8) is 0 Å². The molecule has 9 heteroatoms. The second-order valence-corrected chi connectivity index (χ2v) is 10.7. The van der Waals surface area contributed by atoms with E-state index in [4.69, 9.17) is 23.2 Å². The second kappa shape index (κ2) is 11.3. The maximum atomic E-state index is 14.2. The Morgan fingerprint density at radius 1 is 0.895 bits per heavy atom. The lowest BCUT2D eigenvalue weighted by Crippen LogP contribution is -2.34. The molecule has 0 saturated carbocycles. The minimum Gasteiger partial charge on any atom is -0.371 e. The molecule has 2 atom stereocenters. The number of nitrogens with one attached hydrogen (secondary N) is 1. The van der Waals surface area contributed by atoms with Crippen molar-refractivity contribution < 1.29 is 18.4 Å². The largest absolute Gasteiger partial charge is 0.371 e. The highest BCUT2D eigenvalue weighted by Gasteiger charge is 2.42. The summed E-state index contributed by atoms with van der Waals surface area (Å²) in [5.74, 6) is -1.09. The molecule has 0 radical (unpaired) electrons. The van der Waals surface area contributed by atoms with E-state index in [1.165, 1.54) is 29.8 Å². The van der Waals surface area contributed by atoms with Crippen LogP contribution in [0.5, 0.6) is 0 Å². The highest BCUT2D eigenvalue weighted by atomic mass is 35.5. The Kier molecular flexibility index (Phi) is 7.86. The Hall–Kier alpha value is -3.16. The molecule has 2 aliphatic heterocycles. The summed E-state index contributed by atoms with van der Waals surface area (Å²) in [6, 6.07) is 16.4. The van der Waals surface area contributed by atoms with Crippen molar-refractivity contribution in [2.75, 3.05) is 37.6 Å². The van der Waals surface area contributed by atoms with Crippen molar-refractivity contribution in [1.29, 1.82) is 0 Å². The van der Waals surface area contributed by atoms with Gasteiger partial charge in [0.05, 0.1) is 21.2 Å². The van der Waals surface area contributed by atoms with E-state index in [1.807, 2.05) is 6.07 Å². The summed E-state index contributed by atoms with van der Waals surface area (Å²) in [5.41, 5.74) is 2.51. The van der Waals surface area contributed by atoms with E-state index in [9.17, 15) is 18.4 Å². The van der Waals surface area contributed by atoms with E-state index in [-0.39, 0.29) is 33.0 Å². The molecule has 1 N–H and O–H groups in total. The van der Waals surface area contributed by atoms with Gasteiger partial charge in [-0.05, 0) is 60.9 Å². The normalized spacial score (nSPS) is 18.5. The van der Waals surface area contributed by atoms with Gasteiger partial charge in [0.1, 0.15) is 11.6 Å². The van der Waals surface area contributed by atoms with Gasteiger partial charge in [0.25, 0.3) is 11.8 Å². The van der Waals surface area contributed by atoms with E-state index < -0.39 is 11.6 Å². The van der Waals surface area contributed by atoms with Gasteiger partial charge in [-0.15, -0.1) is 0 Å². The minimum atomic E-state index is -0.586. The molecule has 198 valence electrons. The van der Waals surface area contributed by atoms with Gasteiger partial charge in [-0.2, -0.15) is 0 Å². The fourth-order valence-electron chi connectivity index (χ4n) is 5.40. The molecule has 0 aromatic heterocycles. The van der Waals surface area contributed by atoms with Gasteiger partial charge < -0.3 is 15.1 Å². The number of hydrogen-bond acceptors (Lipinski definition) is 3. The van der Waals surface area contributed by atoms with Crippen LogP contribution in [0.1, 0.15) is 32.7 Å². The Morgan fingerprint density at radius 2 is 1.63 bits per heavy atom. The van der Waals surface area contributed by atoms with Gasteiger partial charge in [0.15, 0.2) is 0 Å². The summed E-state index contributed by atoms with van der Waals surface area (Å²) in [7, 11) is 0. The first-order chi connectivity index (χ1) is 18.3. The van der Waals surface area contributed by atoms with Crippen LogP contribution >= 0.6 is 23.2 Å². The molecule has 5 nitrogen and oxygen atoms in total. The van der Waals surface area contributed by atoms with Gasteiger partial charge in [-0.25, -0.2) is 8.78 Å². The zero-order chi connectivity index (χ0) is 26.8. The quantitative estimate of drug-likeness (QED) is 0.371. The SMILES string of the molecule is O=C(NCCCc1cccc(N2CC3CN(C(=O)c4c(F)cccc4Cl)CC3C2)c1)c1ccc(F)cc1Cl. The van der Waals surface area contributed by atoms with E-state index in [2.05, 4.69) is 28.4 Å². The zero-order valence-corrected chi connectivity index (χ0v) is 22.1. The van der Waals surface area contributed by atoms with E-state index >= 15 is 0 Å². The second-order valence-electron chi connectivity index (χ2n) is 9.89. The number of nitrogens with zero attached hydrogens (tertiary/aromatic N) is 2. The number of anilines is 1. The number of amides is 2. The molecule has 38 heavy (non-hydrogen) atoms. The lowest BCUT2D eigenvalue weighted by atomic mass is 10.0. The first-order valence-electron chi connectivity index (χ1n) is 12.6. The summed E-state index contributed by atoms with van der Waals surface area (Å²) in [5, 5.41) is 3.07. The molecule has 5 rings (SSSR count). The van der Waals surface area contributed by atoms with Crippen LogP contribution in [0.25, 0.3) is 0 Å². The number of hydrogen-bond donors (Lipinski definition) is 1. The van der Waals surface area contributed by atoms with Gasteiger partial charge in [-0.1, -0.05) is 41.4 Å². The molecule has 3 aromatic rings. The van der Waals surface area contributed by atoms with E-state index in [0.29, 0.717) is 31.5 Å².